The van der Waals surface area contributed by atoms with Crippen LogP contribution in [0.4, 0.5) is 0 Å². The third kappa shape index (κ3) is 3.64. The molecule has 0 aromatic carbocycles. The Hall–Kier alpha value is -0.170. The summed E-state index contributed by atoms with van der Waals surface area (Å²) in [5, 5.41) is 8.67. The molecule has 2 heterocycles. The number of hydrogen-bond donors (Lipinski definition) is 2. The quantitative estimate of drug-likeness (QED) is 0.723. The molecule has 2 bridgehead atoms. The molecule has 0 radical (unpaired) electrons. The van der Waals surface area contributed by atoms with Gasteiger partial charge in [0.1, 0.15) is 0 Å². The summed E-state index contributed by atoms with van der Waals surface area (Å²) in [4.78, 5) is 2.27. The fourth-order valence-electron chi connectivity index (χ4n) is 3.17. The number of nitrogens with zero attached hydrogens (tertiary/aromatic N) is 1. The highest BCUT2D eigenvalue weighted by Gasteiger charge is 2.35. The topological polar surface area (TPSA) is 75.4 Å². The van der Waals surface area contributed by atoms with Gasteiger partial charge in [0.2, 0.25) is 10.0 Å². The van der Waals surface area contributed by atoms with Gasteiger partial charge in [-0.1, -0.05) is 6.92 Å². The van der Waals surface area contributed by atoms with Crippen LogP contribution in [0.3, 0.4) is 0 Å². The Kier molecular flexibility index (Phi) is 4.07. The van der Waals surface area contributed by atoms with E-state index >= 15 is 0 Å². The minimum atomic E-state index is -3.34. The molecular formula is C11H23N3O2S. The standard InChI is InChI=1S/C11H23N3O2S/c1-2-14(5-6-17(12,15)16)11-7-9-3-4-10(8-11)13-9/h9-11,13H,2-8H2,1H3,(H2,12,15,16). The van der Waals surface area contributed by atoms with E-state index in [0.29, 0.717) is 24.7 Å². The van der Waals surface area contributed by atoms with Gasteiger partial charge in [0.25, 0.3) is 0 Å². The molecule has 2 aliphatic rings. The highest BCUT2D eigenvalue weighted by atomic mass is 32.2. The van der Waals surface area contributed by atoms with E-state index in [9.17, 15) is 8.42 Å². The summed E-state index contributed by atoms with van der Waals surface area (Å²) in [6.45, 7) is 3.56. The van der Waals surface area contributed by atoms with Gasteiger partial charge in [-0.15, -0.1) is 0 Å². The molecule has 17 heavy (non-hydrogen) atoms. The van der Waals surface area contributed by atoms with E-state index in [1.54, 1.807) is 0 Å². The van der Waals surface area contributed by atoms with Crippen molar-refractivity contribution in [3.05, 3.63) is 0 Å². The van der Waals surface area contributed by atoms with Crippen LogP contribution in [0.25, 0.3) is 0 Å². The summed E-state index contributed by atoms with van der Waals surface area (Å²) in [5.41, 5.74) is 0. The maximum absolute atomic E-state index is 11.0. The van der Waals surface area contributed by atoms with Crippen LogP contribution in [0.15, 0.2) is 0 Å². The third-order valence-electron chi connectivity index (χ3n) is 4.03. The largest absolute Gasteiger partial charge is 0.311 e. The highest BCUT2D eigenvalue weighted by molar-refractivity contribution is 7.89. The Balaban J connectivity index is 1.90. The molecule has 2 fully saturated rings. The minimum absolute atomic E-state index is 0.0695. The molecule has 2 aliphatic heterocycles. The monoisotopic (exact) mass is 261 g/mol. The summed E-state index contributed by atoms with van der Waals surface area (Å²) in [6.07, 6.45) is 4.84. The molecule has 2 saturated heterocycles. The van der Waals surface area contributed by atoms with Crippen molar-refractivity contribution in [2.24, 2.45) is 5.14 Å². The van der Waals surface area contributed by atoms with E-state index in [-0.39, 0.29) is 5.75 Å². The first-order valence-electron chi connectivity index (χ1n) is 6.48. The van der Waals surface area contributed by atoms with Gasteiger partial charge in [-0.05, 0) is 32.2 Å². The van der Waals surface area contributed by atoms with Gasteiger partial charge < -0.3 is 5.32 Å². The van der Waals surface area contributed by atoms with Crippen molar-refractivity contribution in [2.75, 3.05) is 18.8 Å². The second kappa shape index (κ2) is 5.22. The molecule has 0 amide bonds. The van der Waals surface area contributed by atoms with Gasteiger partial charge in [-0.25, -0.2) is 13.6 Å². The molecule has 0 aromatic heterocycles. The molecule has 100 valence electrons. The summed E-state index contributed by atoms with van der Waals surface area (Å²) in [7, 11) is -3.34. The third-order valence-corrected chi connectivity index (χ3v) is 4.79. The van der Waals surface area contributed by atoms with Crippen molar-refractivity contribution >= 4 is 10.0 Å². The number of sulfonamides is 1. The van der Waals surface area contributed by atoms with Crippen LogP contribution in [-0.2, 0) is 10.0 Å². The number of piperidine rings is 1. The van der Waals surface area contributed by atoms with Crippen LogP contribution in [0, 0.1) is 0 Å². The summed E-state index contributed by atoms with van der Waals surface area (Å²) < 4.78 is 22.0. The zero-order valence-corrected chi connectivity index (χ0v) is 11.2. The van der Waals surface area contributed by atoms with Crippen LogP contribution in [0.5, 0.6) is 0 Å². The molecule has 2 rings (SSSR count). The lowest BCUT2D eigenvalue weighted by Gasteiger charge is -2.37. The van der Waals surface area contributed by atoms with Crippen molar-refractivity contribution in [1.29, 1.82) is 0 Å². The zero-order chi connectivity index (χ0) is 12.5. The number of primary sulfonamides is 1. The van der Waals surface area contributed by atoms with E-state index < -0.39 is 10.0 Å². The van der Waals surface area contributed by atoms with Crippen LogP contribution in [0.1, 0.15) is 32.6 Å². The maximum atomic E-state index is 11.0. The number of nitrogens with two attached hydrogens (primary N) is 1. The Bertz CT molecular complexity index is 346. The molecule has 5 nitrogen and oxygen atoms in total. The van der Waals surface area contributed by atoms with Gasteiger partial charge in [-0.3, -0.25) is 4.90 Å². The second-order valence-electron chi connectivity index (χ2n) is 5.26. The summed E-state index contributed by atoms with van der Waals surface area (Å²) in [5.74, 6) is 0.0695. The van der Waals surface area contributed by atoms with E-state index in [0.717, 1.165) is 19.4 Å². The van der Waals surface area contributed by atoms with Gasteiger partial charge >= 0.3 is 0 Å². The van der Waals surface area contributed by atoms with E-state index in [4.69, 9.17) is 5.14 Å². The Morgan fingerprint density at radius 3 is 2.35 bits per heavy atom. The average molecular weight is 261 g/mol. The minimum Gasteiger partial charge on any atom is -0.311 e. The van der Waals surface area contributed by atoms with E-state index in [1.807, 2.05) is 0 Å². The Morgan fingerprint density at radius 1 is 1.29 bits per heavy atom. The lowest BCUT2D eigenvalue weighted by molar-refractivity contribution is 0.156. The SMILES string of the molecule is CCN(CCS(N)(=O)=O)C1CC2CCC(C1)N2. The molecule has 0 aliphatic carbocycles. The summed E-state index contributed by atoms with van der Waals surface area (Å²) in [6, 6.07) is 1.81. The fourth-order valence-corrected chi connectivity index (χ4v) is 3.66. The molecule has 6 heteroatoms. The Labute approximate surface area is 104 Å². The van der Waals surface area contributed by atoms with Gasteiger partial charge in [0.05, 0.1) is 5.75 Å². The molecule has 3 N–H and O–H groups in total. The van der Waals surface area contributed by atoms with Crippen molar-refractivity contribution in [3.8, 4) is 0 Å². The molecule has 2 atom stereocenters. The molecular weight excluding hydrogens is 238 g/mol. The van der Waals surface area contributed by atoms with Crippen LogP contribution >= 0.6 is 0 Å². The number of hydrogen-bond acceptors (Lipinski definition) is 4. The first kappa shape index (κ1) is 13.3. The normalized spacial score (nSPS) is 33.2. The van der Waals surface area contributed by atoms with Gasteiger partial charge in [0.15, 0.2) is 0 Å². The number of nitrogens with one attached hydrogen (secondary N) is 1. The van der Waals surface area contributed by atoms with Crippen molar-refractivity contribution in [3.63, 3.8) is 0 Å². The maximum Gasteiger partial charge on any atom is 0.210 e. The second-order valence-corrected chi connectivity index (χ2v) is 6.99. The van der Waals surface area contributed by atoms with E-state index in [2.05, 4.69) is 17.1 Å². The number of rotatable bonds is 5. The summed E-state index contributed by atoms with van der Waals surface area (Å²) >= 11 is 0. The van der Waals surface area contributed by atoms with Gasteiger partial charge in [0, 0.05) is 24.7 Å². The molecule has 0 saturated carbocycles. The highest BCUT2D eigenvalue weighted by Crippen LogP contribution is 2.29. The lowest BCUT2D eigenvalue weighted by atomic mass is 9.98. The molecule has 0 spiro atoms. The molecule has 2 unspecified atom stereocenters. The van der Waals surface area contributed by atoms with Crippen molar-refractivity contribution < 1.29 is 8.42 Å². The zero-order valence-electron chi connectivity index (χ0n) is 10.4. The van der Waals surface area contributed by atoms with Crippen molar-refractivity contribution in [2.45, 2.75) is 50.7 Å². The van der Waals surface area contributed by atoms with Gasteiger partial charge in [-0.2, -0.15) is 0 Å². The molecule has 0 aromatic rings. The van der Waals surface area contributed by atoms with Crippen LogP contribution < -0.4 is 10.5 Å². The Morgan fingerprint density at radius 2 is 1.88 bits per heavy atom. The van der Waals surface area contributed by atoms with Crippen LogP contribution in [0.2, 0.25) is 0 Å². The van der Waals surface area contributed by atoms with E-state index in [1.165, 1.54) is 12.8 Å². The number of fused-ring (bicyclic) bond motifs is 2. The van der Waals surface area contributed by atoms with Crippen molar-refractivity contribution in [1.82, 2.24) is 10.2 Å². The predicted molar refractivity (Wildman–Crippen MR) is 68.2 cm³/mol. The fraction of sp³-hybridized carbons (Fsp3) is 1.00. The first-order chi connectivity index (χ1) is 7.98. The predicted octanol–water partition coefficient (Wildman–Crippen LogP) is -0.120. The van der Waals surface area contributed by atoms with Crippen LogP contribution in [-0.4, -0.2) is 50.3 Å². The lowest BCUT2D eigenvalue weighted by Crippen LogP contribution is -2.49. The first-order valence-corrected chi connectivity index (χ1v) is 8.20. The average Bonchev–Trinajstić information content (AvgIpc) is 2.57. The smallest absolute Gasteiger partial charge is 0.210 e.